The Hall–Kier alpha value is -3.19. The van der Waals surface area contributed by atoms with Gasteiger partial charge >= 0.3 is 0 Å². The molecule has 26 heavy (non-hydrogen) atoms. The summed E-state index contributed by atoms with van der Waals surface area (Å²) in [6.45, 7) is 3.60. The standard InChI is InChI=1S/C19H16N6S/c1-20-18(21-2)14-9-12-6-8-25(3)17(12)16(24-14)15-11-23-19(26-15)13-5-4-7-22-10-13/h4-11H,1H2,2-3H3. The quantitative estimate of drug-likeness (QED) is 0.412. The molecule has 0 spiro atoms. The first-order valence-corrected chi connectivity index (χ1v) is 8.79. The predicted octanol–water partition coefficient (Wildman–Crippen LogP) is 3.84. The second-order valence-corrected chi connectivity index (χ2v) is 6.73. The van der Waals surface area contributed by atoms with E-state index in [1.54, 1.807) is 24.6 Å². The van der Waals surface area contributed by atoms with E-state index in [1.807, 2.05) is 43.8 Å². The van der Waals surface area contributed by atoms with Crippen LogP contribution in [0.5, 0.6) is 0 Å². The van der Waals surface area contributed by atoms with Crippen LogP contribution >= 0.6 is 11.3 Å². The zero-order chi connectivity index (χ0) is 18.1. The number of pyridine rings is 2. The molecule has 4 rings (SSSR count). The Morgan fingerprint density at radius 2 is 2.15 bits per heavy atom. The number of aliphatic imine (C=N–C) groups is 2. The van der Waals surface area contributed by atoms with Gasteiger partial charge in [-0.15, -0.1) is 11.3 Å². The van der Waals surface area contributed by atoms with Gasteiger partial charge in [0.2, 0.25) is 0 Å². The summed E-state index contributed by atoms with van der Waals surface area (Å²) in [4.78, 5) is 22.7. The lowest BCUT2D eigenvalue weighted by Crippen LogP contribution is -2.02. The summed E-state index contributed by atoms with van der Waals surface area (Å²) in [5.41, 5.74) is 3.61. The fourth-order valence-electron chi connectivity index (χ4n) is 2.88. The zero-order valence-corrected chi connectivity index (χ0v) is 15.2. The summed E-state index contributed by atoms with van der Waals surface area (Å²) in [5, 5.41) is 1.99. The summed E-state index contributed by atoms with van der Waals surface area (Å²) < 4.78 is 2.06. The summed E-state index contributed by atoms with van der Waals surface area (Å²) in [5.74, 6) is 0.522. The number of amidine groups is 1. The molecule has 0 saturated heterocycles. The summed E-state index contributed by atoms with van der Waals surface area (Å²) in [7, 11) is 3.70. The number of rotatable bonds is 3. The van der Waals surface area contributed by atoms with Crippen molar-refractivity contribution in [1.29, 1.82) is 0 Å². The Kier molecular flexibility index (Phi) is 4.14. The Labute approximate surface area is 154 Å². The monoisotopic (exact) mass is 360 g/mol. The van der Waals surface area contributed by atoms with Crippen LogP contribution in [-0.2, 0) is 7.05 Å². The maximum absolute atomic E-state index is 4.82. The molecule has 0 saturated carbocycles. The number of fused-ring (bicyclic) bond motifs is 1. The van der Waals surface area contributed by atoms with E-state index in [0.717, 1.165) is 32.0 Å². The minimum atomic E-state index is 0.522. The predicted molar refractivity (Wildman–Crippen MR) is 107 cm³/mol. The van der Waals surface area contributed by atoms with Crippen molar-refractivity contribution in [3.8, 4) is 21.1 Å². The van der Waals surface area contributed by atoms with Crippen LogP contribution in [-0.4, -0.2) is 39.1 Å². The van der Waals surface area contributed by atoms with Gasteiger partial charge in [-0.3, -0.25) is 9.98 Å². The molecule has 4 aromatic rings. The van der Waals surface area contributed by atoms with Gasteiger partial charge in [0.05, 0.1) is 10.4 Å². The van der Waals surface area contributed by atoms with Crippen LogP contribution < -0.4 is 0 Å². The second kappa shape index (κ2) is 6.61. The Morgan fingerprint density at radius 3 is 2.88 bits per heavy atom. The highest BCUT2D eigenvalue weighted by atomic mass is 32.1. The molecule has 0 aliphatic rings. The van der Waals surface area contributed by atoms with E-state index in [2.05, 4.69) is 37.3 Å². The van der Waals surface area contributed by atoms with E-state index < -0.39 is 0 Å². The minimum Gasteiger partial charge on any atom is -0.349 e. The molecule has 4 aromatic heterocycles. The van der Waals surface area contributed by atoms with E-state index in [-0.39, 0.29) is 0 Å². The van der Waals surface area contributed by atoms with Crippen molar-refractivity contribution in [3.05, 3.63) is 54.7 Å². The van der Waals surface area contributed by atoms with Gasteiger partial charge in [0.15, 0.2) is 5.84 Å². The number of nitrogens with zero attached hydrogens (tertiary/aromatic N) is 6. The highest BCUT2D eigenvalue weighted by molar-refractivity contribution is 7.18. The van der Waals surface area contributed by atoms with Crippen molar-refractivity contribution in [1.82, 2.24) is 19.5 Å². The van der Waals surface area contributed by atoms with Crippen LogP contribution in [0.4, 0.5) is 0 Å². The fourth-order valence-corrected chi connectivity index (χ4v) is 3.78. The van der Waals surface area contributed by atoms with Gasteiger partial charge in [0, 0.05) is 49.8 Å². The van der Waals surface area contributed by atoms with Gasteiger partial charge in [0.1, 0.15) is 16.4 Å². The first-order chi connectivity index (χ1) is 12.7. The minimum absolute atomic E-state index is 0.522. The average molecular weight is 360 g/mol. The van der Waals surface area contributed by atoms with Gasteiger partial charge in [-0.05, 0) is 31.0 Å². The van der Waals surface area contributed by atoms with Crippen LogP contribution in [0.15, 0.2) is 59.0 Å². The summed E-state index contributed by atoms with van der Waals surface area (Å²) in [6.07, 6.45) is 7.45. The lowest BCUT2D eigenvalue weighted by molar-refractivity contribution is 0.966. The van der Waals surface area contributed by atoms with Gasteiger partial charge in [-0.2, -0.15) is 0 Å². The molecule has 6 nitrogen and oxygen atoms in total. The SMILES string of the molecule is C=NC(=NC)c1cc2ccn(C)c2c(-c2cnc(-c3cccnc3)s2)n1. The van der Waals surface area contributed by atoms with Crippen molar-refractivity contribution >= 4 is 34.8 Å². The third-order valence-corrected chi connectivity index (χ3v) is 5.14. The van der Waals surface area contributed by atoms with Crippen LogP contribution in [0.3, 0.4) is 0 Å². The number of hydrogen-bond acceptors (Lipinski definition) is 5. The number of hydrogen-bond donors (Lipinski definition) is 0. The van der Waals surface area contributed by atoms with Crippen molar-refractivity contribution in [2.45, 2.75) is 0 Å². The Morgan fingerprint density at radius 1 is 1.27 bits per heavy atom. The van der Waals surface area contributed by atoms with Gasteiger partial charge in [0.25, 0.3) is 0 Å². The third kappa shape index (κ3) is 2.72. The lowest BCUT2D eigenvalue weighted by Gasteiger charge is -2.07. The van der Waals surface area contributed by atoms with Crippen molar-refractivity contribution < 1.29 is 0 Å². The number of thiazole rings is 1. The molecule has 0 bridgehead atoms. The highest BCUT2D eigenvalue weighted by Gasteiger charge is 2.16. The van der Waals surface area contributed by atoms with Crippen LogP contribution in [0.2, 0.25) is 0 Å². The van der Waals surface area contributed by atoms with Gasteiger partial charge in [-0.25, -0.2) is 15.0 Å². The van der Waals surface area contributed by atoms with Crippen LogP contribution in [0, 0.1) is 0 Å². The molecule has 0 unspecified atom stereocenters. The Bertz CT molecular complexity index is 1120. The first-order valence-electron chi connectivity index (χ1n) is 7.98. The maximum atomic E-state index is 4.82. The molecule has 0 aromatic carbocycles. The molecule has 0 aliphatic carbocycles. The van der Waals surface area contributed by atoms with Gasteiger partial charge in [-0.1, -0.05) is 0 Å². The summed E-state index contributed by atoms with van der Waals surface area (Å²) >= 11 is 1.59. The smallest absolute Gasteiger partial charge is 0.172 e. The van der Waals surface area contributed by atoms with E-state index >= 15 is 0 Å². The van der Waals surface area contributed by atoms with E-state index in [1.165, 1.54) is 0 Å². The lowest BCUT2D eigenvalue weighted by atomic mass is 10.2. The summed E-state index contributed by atoms with van der Waals surface area (Å²) in [6, 6.07) is 7.95. The van der Waals surface area contributed by atoms with Crippen LogP contribution in [0.25, 0.3) is 32.0 Å². The number of aryl methyl sites for hydroxylation is 1. The van der Waals surface area contributed by atoms with E-state index in [0.29, 0.717) is 11.5 Å². The average Bonchev–Trinajstić information content (AvgIpc) is 3.31. The Balaban J connectivity index is 1.92. The molecule has 0 fully saturated rings. The van der Waals surface area contributed by atoms with Crippen LogP contribution in [0.1, 0.15) is 5.69 Å². The van der Waals surface area contributed by atoms with E-state index in [4.69, 9.17) is 4.98 Å². The molecule has 4 heterocycles. The van der Waals surface area contributed by atoms with Crippen molar-refractivity contribution in [2.24, 2.45) is 17.0 Å². The fraction of sp³-hybridized carbons (Fsp3) is 0.105. The normalized spacial score (nSPS) is 11.8. The molecule has 0 aliphatic heterocycles. The van der Waals surface area contributed by atoms with E-state index in [9.17, 15) is 0 Å². The third-order valence-electron chi connectivity index (χ3n) is 4.09. The van der Waals surface area contributed by atoms with Crippen molar-refractivity contribution in [2.75, 3.05) is 7.05 Å². The molecule has 0 N–H and O–H groups in total. The molecular formula is C19H16N6S. The number of aromatic nitrogens is 4. The molecule has 0 amide bonds. The second-order valence-electron chi connectivity index (χ2n) is 5.70. The zero-order valence-electron chi connectivity index (χ0n) is 14.4. The first kappa shape index (κ1) is 16.3. The molecular weight excluding hydrogens is 344 g/mol. The topological polar surface area (TPSA) is 68.3 Å². The largest absolute Gasteiger partial charge is 0.349 e. The molecule has 128 valence electrons. The molecule has 7 heteroatoms. The molecule has 0 atom stereocenters. The van der Waals surface area contributed by atoms with Crippen molar-refractivity contribution in [3.63, 3.8) is 0 Å². The maximum Gasteiger partial charge on any atom is 0.172 e. The van der Waals surface area contributed by atoms with Gasteiger partial charge < -0.3 is 4.57 Å². The molecule has 0 radical (unpaired) electrons. The highest BCUT2D eigenvalue weighted by Crippen LogP contribution is 2.35.